The van der Waals surface area contributed by atoms with Gasteiger partial charge in [-0.3, -0.25) is 24.2 Å². The number of amides is 3. The topological polar surface area (TPSA) is 108 Å². The van der Waals surface area contributed by atoms with Crippen LogP contribution >= 0.6 is 34.8 Å². The molecule has 0 bridgehead atoms. The first-order chi connectivity index (χ1) is 16.3. The van der Waals surface area contributed by atoms with Crippen molar-refractivity contribution in [1.29, 1.82) is 0 Å². The number of unbranched alkanes of at least 4 members (excludes halogenated alkanes) is 2. The molecule has 1 rings (SSSR count). The number of halogens is 3. The fourth-order valence-electron chi connectivity index (χ4n) is 3.79. The van der Waals surface area contributed by atoms with Crippen molar-refractivity contribution in [3.8, 4) is 0 Å². The van der Waals surface area contributed by atoms with Crippen molar-refractivity contribution >= 4 is 58.5 Å². The first-order valence-electron chi connectivity index (χ1n) is 11.8. The van der Waals surface area contributed by atoms with Gasteiger partial charge in [-0.2, -0.15) is 0 Å². The molecule has 0 saturated carbocycles. The Bertz CT molecular complexity index is 760. The summed E-state index contributed by atoms with van der Waals surface area (Å²) < 4.78 is 3.27. The number of carbonyl (C=O) groups excluding carboxylic acids is 4. The van der Waals surface area contributed by atoms with Gasteiger partial charge in [0.15, 0.2) is 0 Å². The smallest absolute Gasteiger partial charge is 0.325 e. The minimum Gasteiger partial charge on any atom is -0.460 e. The molecule has 2 N–H and O–H groups in total. The Hall–Kier alpha value is -1.55. The minimum absolute atomic E-state index is 0.129. The predicted octanol–water partition coefficient (Wildman–Crippen LogP) is 3.13. The Kier molecular flexibility index (Phi) is 13.4. The molecule has 1 unspecified atom stereocenters. The van der Waals surface area contributed by atoms with Crippen molar-refractivity contribution in [1.82, 2.24) is 20.7 Å². The Balaban J connectivity index is 2.71. The molecular weight excluding hydrogens is 519 g/mol. The van der Waals surface area contributed by atoms with Gasteiger partial charge < -0.3 is 15.0 Å². The number of likely N-dealkylation sites (N-methyl/N-ethyl adjacent to an activating group) is 1. The van der Waals surface area contributed by atoms with Crippen LogP contribution in [0.1, 0.15) is 59.3 Å². The van der Waals surface area contributed by atoms with E-state index in [-0.39, 0.29) is 11.8 Å². The molecule has 0 radical (unpaired) electrons. The van der Waals surface area contributed by atoms with E-state index in [0.717, 1.165) is 12.8 Å². The highest BCUT2D eigenvalue weighted by atomic mass is 35.6. The standard InChI is InChI=1S/C23H37Cl3N4O5/c1-6-7-8-9-12-18(31)29(5)19(15(2)3)20(32)27-16(4)21(33)30-13-10-11-17(28-30)22(34)35-14-23(24,25)26/h6,15-17,19,28H,1,7-14H2,2-5H3,(H,27,32)/t16-,17-,19?/m0/s1. The van der Waals surface area contributed by atoms with E-state index >= 15 is 0 Å². The number of ether oxygens (including phenoxy) is 1. The molecule has 3 atom stereocenters. The maximum Gasteiger partial charge on any atom is 0.325 e. The molecule has 1 heterocycles. The predicted molar refractivity (Wildman–Crippen MR) is 137 cm³/mol. The second-order valence-corrected chi connectivity index (χ2v) is 11.5. The molecule has 0 spiro atoms. The van der Waals surface area contributed by atoms with Crippen LogP contribution in [0.4, 0.5) is 0 Å². The summed E-state index contributed by atoms with van der Waals surface area (Å²) in [6.45, 7) is 8.86. The van der Waals surface area contributed by atoms with Gasteiger partial charge in [-0.25, -0.2) is 5.43 Å². The van der Waals surface area contributed by atoms with Crippen molar-refractivity contribution < 1.29 is 23.9 Å². The molecule has 1 saturated heterocycles. The van der Waals surface area contributed by atoms with Crippen LogP contribution in [0.3, 0.4) is 0 Å². The van der Waals surface area contributed by atoms with Gasteiger partial charge in [-0.05, 0) is 44.9 Å². The van der Waals surface area contributed by atoms with Gasteiger partial charge in [0.05, 0.1) is 0 Å². The average Bonchev–Trinajstić information content (AvgIpc) is 2.78. The van der Waals surface area contributed by atoms with Crippen molar-refractivity contribution in [2.45, 2.75) is 81.2 Å². The molecule has 1 aliphatic heterocycles. The van der Waals surface area contributed by atoms with Gasteiger partial charge >= 0.3 is 5.97 Å². The highest BCUT2D eigenvalue weighted by Gasteiger charge is 2.35. The molecule has 12 heteroatoms. The van der Waals surface area contributed by atoms with Crippen LogP contribution < -0.4 is 10.7 Å². The van der Waals surface area contributed by atoms with Gasteiger partial charge in [0.1, 0.15) is 24.7 Å². The summed E-state index contributed by atoms with van der Waals surface area (Å²) in [5, 5.41) is 4.00. The maximum absolute atomic E-state index is 13.0. The SMILES string of the molecule is C=CCCCCC(=O)N(C)C(C(=O)N[C@@H](C)C(=O)N1CCC[C@@H](C(=O)OCC(Cl)(Cl)Cl)N1)C(C)C. The number of rotatable bonds is 12. The van der Waals surface area contributed by atoms with Gasteiger partial charge in [-0.15, -0.1) is 6.58 Å². The van der Waals surface area contributed by atoms with Crippen molar-refractivity contribution in [2.75, 3.05) is 20.2 Å². The first kappa shape index (κ1) is 31.5. The number of hydrazine groups is 1. The van der Waals surface area contributed by atoms with Crippen LogP contribution in [-0.4, -0.2) is 75.7 Å². The van der Waals surface area contributed by atoms with Crippen LogP contribution in [0.5, 0.6) is 0 Å². The van der Waals surface area contributed by atoms with Crippen LogP contribution in [0.2, 0.25) is 0 Å². The summed E-state index contributed by atoms with van der Waals surface area (Å²) in [5.41, 5.74) is 2.83. The number of hydrogen-bond donors (Lipinski definition) is 2. The Labute approximate surface area is 222 Å². The lowest BCUT2D eigenvalue weighted by Crippen LogP contribution is -2.61. The Morgan fingerprint density at radius 2 is 1.89 bits per heavy atom. The molecular formula is C23H37Cl3N4O5. The molecule has 3 amide bonds. The fraction of sp³-hybridized carbons (Fsp3) is 0.739. The molecule has 1 fully saturated rings. The third kappa shape index (κ3) is 10.9. The largest absolute Gasteiger partial charge is 0.460 e. The van der Waals surface area contributed by atoms with E-state index in [9.17, 15) is 19.2 Å². The molecule has 0 aliphatic carbocycles. The van der Waals surface area contributed by atoms with Crippen LogP contribution in [-0.2, 0) is 23.9 Å². The summed E-state index contributed by atoms with van der Waals surface area (Å²) in [7, 11) is 1.60. The second kappa shape index (κ2) is 14.9. The number of nitrogens with one attached hydrogen (secondary N) is 2. The van der Waals surface area contributed by atoms with E-state index in [1.165, 1.54) is 9.91 Å². The van der Waals surface area contributed by atoms with Crippen molar-refractivity contribution in [2.24, 2.45) is 5.92 Å². The van der Waals surface area contributed by atoms with Gasteiger partial charge in [0.25, 0.3) is 5.91 Å². The van der Waals surface area contributed by atoms with E-state index in [2.05, 4.69) is 17.3 Å². The fourth-order valence-corrected chi connectivity index (χ4v) is 3.95. The van der Waals surface area contributed by atoms with Gasteiger partial charge in [-0.1, -0.05) is 54.7 Å². The Morgan fingerprint density at radius 3 is 2.46 bits per heavy atom. The van der Waals surface area contributed by atoms with Gasteiger partial charge in [0.2, 0.25) is 15.6 Å². The number of allylic oxidation sites excluding steroid dienone is 1. The third-order valence-electron chi connectivity index (χ3n) is 5.60. The summed E-state index contributed by atoms with van der Waals surface area (Å²) in [6.07, 6.45) is 5.53. The van der Waals surface area contributed by atoms with E-state index in [0.29, 0.717) is 32.2 Å². The summed E-state index contributed by atoms with van der Waals surface area (Å²) in [4.78, 5) is 52.3. The highest BCUT2D eigenvalue weighted by molar-refractivity contribution is 6.67. The van der Waals surface area contributed by atoms with Crippen LogP contribution in [0.25, 0.3) is 0 Å². The summed E-state index contributed by atoms with van der Waals surface area (Å²) in [6, 6.07) is -2.39. The summed E-state index contributed by atoms with van der Waals surface area (Å²) in [5.74, 6) is -1.77. The lowest BCUT2D eigenvalue weighted by atomic mass is 10.0. The van der Waals surface area contributed by atoms with Crippen molar-refractivity contribution in [3.05, 3.63) is 12.7 Å². The second-order valence-electron chi connectivity index (χ2n) is 8.99. The zero-order chi connectivity index (χ0) is 26.8. The minimum atomic E-state index is -1.73. The molecule has 0 aromatic heterocycles. The number of alkyl halides is 3. The molecule has 35 heavy (non-hydrogen) atoms. The van der Waals surface area contributed by atoms with E-state index < -0.39 is 46.3 Å². The highest BCUT2D eigenvalue weighted by Crippen LogP contribution is 2.26. The summed E-state index contributed by atoms with van der Waals surface area (Å²) >= 11 is 16.8. The van der Waals surface area contributed by atoms with E-state index in [4.69, 9.17) is 39.5 Å². The molecule has 9 nitrogen and oxygen atoms in total. The van der Waals surface area contributed by atoms with Crippen LogP contribution in [0, 0.1) is 5.92 Å². The molecule has 200 valence electrons. The first-order valence-corrected chi connectivity index (χ1v) is 12.9. The number of hydrogen-bond acceptors (Lipinski definition) is 6. The zero-order valence-corrected chi connectivity index (χ0v) is 23.1. The van der Waals surface area contributed by atoms with E-state index in [1.54, 1.807) is 14.0 Å². The number of carbonyl (C=O) groups is 4. The lowest BCUT2D eigenvalue weighted by Gasteiger charge is -2.35. The lowest BCUT2D eigenvalue weighted by molar-refractivity contribution is -0.153. The van der Waals surface area contributed by atoms with E-state index in [1.807, 2.05) is 19.9 Å². The number of esters is 1. The van der Waals surface area contributed by atoms with Crippen molar-refractivity contribution in [3.63, 3.8) is 0 Å². The van der Waals surface area contributed by atoms with Crippen LogP contribution in [0.15, 0.2) is 12.7 Å². The number of nitrogens with zero attached hydrogens (tertiary/aromatic N) is 2. The monoisotopic (exact) mass is 554 g/mol. The van der Waals surface area contributed by atoms with Gasteiger partial charge in [0, 0.05) is 20.0 Å². The maximum atomic E-state index is 13.0. The quantitative estimate of drug-likeness (QED) is 0.166. The molecule has 1 aliphatic rings. The average molecular weight is 556 g/mol. The zero-order valence-electron chi connectivity index (χ0n) is 20.8. The third-order valence-corrected chi connectivity index (χ3v) is 5.93. The molecule has 0 aromatic rings. The molecule has 0 aromatic carbocycles. The Morgan fingerprint density at radius 1 is 1.23 bits per heavy atom. The normalized spacial score (nSPS) is 17.9.